The van der Waals surface area contributed by atoms with Crippen LogP contribution in [0, 0.1) is 5.92 Å². The van der Waals surface area contributed by atoms with Gasteiger partial charge in [-0.15, -0.1) is 0 Å². The molecule has 0 saturated carbocycles. The largest absolute Gasteiger partial charge is 0.479 e. The molecule has 2 N–H and O–H groups in total. The Bertz CT molecular complexity index is 483. The van der Waals surface area contributed by atoms with Crippen molar-refractivity contribution in [3.8, 4) is 0 Å². The average Bonchev–Trinajstić information content (AvgIpc) is 2.54. The van der Waals surface area contributed by atoms with E-state index in [9.17, 15) is 14.7 Å². The smallest absolute Gasteiger partial charge is 0.330 e. The van der Waals surface area contributed by atoms with Crippen molar-refractivity contribution < 1.29 is 19.4 Å². The van der Waals surface area contributed by atoms with Gasteiger partial charge in [-0.25, -0.2) is 4.79 Å². The van der Waals surface area contributed by atoms with Gasteiger partial charge < -0.3 is 15.2 Å². The SMILES string of the molecule is O=C(CCCC1CCOCC1)N[C@H](C(=O)O)c1ccccc1. The van der Waals surface area contributed by atoms with Gasteiger partial charge in [0.1, 0.15) is 0 Å². The molecule has 1 fully saturated rings. The molecule has 1 amide bonds. The van der Waals surface area contributed by atoms with Crippen molar-refractivity contribution in [1.29, 1.82) is 0 Å². The number of benzene rings is 1. The maximum atomic E-state index is 12.0. The van der Waals surface area contributed by atoms with E-state index in [1.165, 1.54) is 0 Å². The number of hydrogen-bond donors (Lipinski definition) is 2. The summed E-state index contributed by atoms with van der Waals surface area (Å²) in [4.78, 5) is 23.3. The molecule has 5 heteroatoms. The monoisotopic (exact) mass is 305 g/mol. The zero-order valence-corrected chi connectivity index (χ0v) is 12.7. The van der Waals surface area contributed by atoms with Crippen molar-refractivity contribution in [2.45, 2.75) is 38.1 Å². The number of nitrogens with one attached hydrogen (secondary N) is 1. The van der Waals surface area contributed by atoms with Crippen LogP contribution in [0.5, 0.6) is 0 Å². The van der Waals surface area contributed by atoms with Crippen LogP contribution in [0.15, 0.2) is 30.3 Å². The van der Waals surface area contributed by atoms with E-state index in [1.54, 1.807) is 24.3 Å². The van der Waals surface area contributed by atoms with Crippen LogP contribution >= 0.6 is 0 Å². The number of carbonyl (C=O) groups is 2. The minimum Gasteiger partial charge on any atom is -0.479 e. The highest BCUT2D eigenvalue weighted by Crippen LogP contribution is 2.21. The van der Waals surface area contributed by atoms with E-state index in [-0.39, 0.29) is 5.91 Å². The van der Waals surface area contributed by atoms with Gasteiger partial charge in [-0.2, -0.15) is 0 Å². The van der Waals surface area contributed by atoms with Gasteiger partial charge in [-0.05, 0) is 37.2 Å². The second-order valence-corrected chi connectivity index (χ2v) is 5.70. The molecular formula is C17H23NO4. The molecule has 0 aliphatic carbocycles. The maximum absolute atomic E-state index is 12.0. The van der Waals surface area contributed by atoms with E-state index in [2.05, 4.69) is 5.32 Å². The fourth-order valence-electron chi connectivity index (χ4n) is 2.75. The Morgan fingerprint density at radius 3 is 2.55 bits per heavy atom. The molecule has 2 rings (SSSR count). The van der Waals surface area contributed by atoms with Gasteiger partial charge in [0.05, 0.1) is 0 Å². The third kappa shape index (κ3) is 5.15. The fourth-order valence-corrected chi connectivity index (χ4v) is 2.75. The normalized spacial score (nSPS) is 16.9. The molecule has 1 aromatic carbocycles. The highest BCUT2D eigenvalue weighted by molar-refractivity contribution is 5.84. The fraction of sp³-hybridized carbons (Fsp3) is 0.529. The van der Waals surface area contributed by atoms with Crippen molar-refractivity contribution in [2.24, 2.45) is 5.92 Å². The molecule has 1 aromatic rings. The number of hydrogen-bond acceptors (Lipinski definition) is 3. The van der Waals surface area contributed by atoms with E-state index in [1.807, 2.05) is 6.07 Å². The summed E-state index contributed by atoms with van der Waals surface area (Å²) in [5.41, 5.74) is 0.591. The zero-order valence-electron chi connectivity index (χ0n) is 12.7. The summed E-state index contributed by atoms with van der Waals surface area (Å²) in [6.45, 7) is 1.62. The van der Waals surface area contributed by atoms with E-state index in [0.717, 1.165) is 38.9 Å². The van der Waals surface area contributed by atoms with Gasteiger partial charge in [0, 0.05) is 19.6 Å². The number of amides is 1. The van der Waals surface area contributed by atoms with Gasteiger partial charge in [0.2, 0.25) is 5.91 Å². The molecule has 0 bridgehead atoms. The molecule has 0 spiro atoms. The van der Waals surface area contributed by atoms with Gasteiger partial charge in [0.25, 0.3) is 0 Å². The molecule has 1 saturated heterocycles. The minimum atomic E-state index is -1.04. The Hall–Kier alpha value is -1.88. The molecule has 5 nitrogen and oxygen atoms in total. The van der Waals surface area contributed by atoms with Crippen LogP contribution in [0.25, 0.3) is 0 Å². The second kappa shape index (κ2) is 8.54. The molecular weight excluding hydrogens is 282 g/mol. The van der Waals surface area contributed by atoms with Crippen LogP contribution in [0.1, 0.15) is 43.7 Å². The van der Waals surface area contributed by atoms with Crippen LogP contribution in [-0.2, 0) is 14.3 Å². The lowest BCUT2D eigenvalue weighted by Gasteiger charge is -2.21. The first-order valence-electron chi connectivity index (χ1n) is 7.81. The summed E-state index contributed by atoms with van der Waals surface area (Å²) in [5.74, 6) is -0.613. The second-order valence-electron chi connectivity index (χ2n) is 5.70. The standard InChI is InChI=1S/C17H23NO4/c19-15(8-4-5-13-9-11-22-12-10-13)18-16(17(20)21)14-6-2-1-3-7-14/h1-3,6-7,13,16H,4-5,8-12H2,(H,18,19)(H,20,21)/t16-/m0/s1. The van der Waals surface area contributed by atoms with Crippen molar-refractivity contribution >= 4 is 11.9 Å². The van der Waals surface area contributed by atoms with Crippen LogP contribution < -0.4 is 5.32 Å². The molecule has 0 radical (unpaired) electrons. The lowest BCUT2D eigenvalue weighted by Crippen LogP contribution is -2.33. The third-order valence-electron chi connectivity index (χ3n) is 4.04. The number of ether oxygens (including phenoxy) is 1. The molecule has 1 aliphatic rings. The quantitative estimate of drug-likeness (QED) is 0.811. The summed E-state index contributed by atoms with van der Waals surface area (Å²) >= 11 is 0. The molecule has 1 heterocycles. The topological polar surface area (TPSA) is 75.6 Å². The minimum absolute atomic E-state index is 0.205. The number of carbonyl (C=O) groups excluding carboxylic acids is 1. The summed E-state index contributed by atoms with van der Waals surface area (Å²) in [7, 11) is 0. The first-order chi connectivity index (χ1) is 10.7. The first-order valence-corrected chi connectivity index (χ1v) is 7.81. The van der Waals surface area contributed by atoms with Crippen molar-refractivity contribution in [3.63, 3.8) is 0 Å². The number of aliphatic carboxylic acids is 1. The van der Waals surface area contributed by atoms with Gasteiger partial charge in [-0.1, -0.05) is 30.3 Å². The predicted molar refractivity (Wildman–Crippen MR) is 82.4 cm³/mol. The van der Waals surface area contributed by atoms with Crippen molar-refractivity contribution in [1.82, 2.24) is 5.32 Å². The third-order valence-corrected chi connectivity index (χ3v) is 4.04. The van der Waals surface area contributed by atoms with Crippen LogP contribution in [0.2, 0.25) is 0 Å². The predicted octanol–water partition coefficient (Wildman–Crippen LogP) is 2.53. The van der Waals surface area contributed by atoms with Crippen LogP contribution in [0.3, 0.4) is 0 Å². The van der Waals surface area contributed by atoms with E-state index in [0.29, 0.717) is 17.9 Å². The number of carboxylic acids is 1. The lowest BCUT2D eigenvalue weighted by molar-refractivity contribution is -0.142. The summed E-state index contributed by atoms with van der Waals surface area (Å²) in [6.07, 6.45) is 4.28. The molecule has 120 valence electrons. The molecule has 0 unspecified atom stereocenters. The Morgan fingerprint density at radius 1 is 1.23 bits per heavy atom. The van der Waals surface area contributed by atoms with Gasteiger partial charge in [-0.3, -0.25) is 4.79 Å². The van der Waals surface area contributed by atoms with Crippen LogP contribution in [0.4, 0.5) is 0 Å². The number of rotatable bonds is 7. The Morgan fingerprint density at radius 2 is 1.91 bits per heavy atom. The summed E-state index contributed by atoms with van der Waals surface area (Å²) in [5, 5.41) is 11.9. The first kappa shape index (κ1) is 16.5. The van der Waals surface area contributed by atoms with E-state index >= 15 is 0 Å². The van der Waals surface area contributed by atoms with Gasteiger partial charge >= 0.3 is 5.97 Å². The highest BCUT2D eigenvalue weighted by Gasteiger charge is 2.21. The molecule has 1 aliphatic heterocycles. The van der Waals surface area contributed by atoms with Crippen LogP contribution in [-0.4, -0.2) is 30.2 Å². The Balaban J connectivity index is 1.77. The average molecular weight is 305 g/mol. The Labute approximate surface area is 130 Å². The maximum Gasteiger partial charge on any atom is 0.330 e. The summed E-state index contributed by atoms with van der Waals surface area (Å²) < 4.78 is 5.31. The molecule has 22 heavy (non-hydrogen) atoms. The van der Waals surface area contributed by atoms with E-state index < -0.39 is 12.0 Å². The molecule has 1 atom stereocenters. The van der Waals surface area contributed by atoms with Crippen molar-refractivity contribution in [2.75, 3.05) is 13.2 Å². The molecule has 0 aromatic heterocycles. The highest BCUT2D eigenvalue weighted by atomic mass is 16.5. The van der Waals surface area contributed by atoms with Crippen molar-refractivity contribution in [3.05, 3.63) is 35.9 Å². The van der Waals surface area contributed by atoms with E-state index in [4.69, 9.17) is 4.74 Å². The number of carboxylic acid groups (broad SMARTS) is 1. The summed E-state index contributed by atoms with van der Waals surface area (Å²) in [6, 6.07) is 7.79. The lowest BCUT2D eigenvalue weighted by atomic mass is 9.94. The van der Waals surface area contributed by atoms with Gasteiger partial charge in [0.15, 0.2) is 6.04 Å². The Kier molecular flexibility index (Phi) is 6.40. The zero-order chi connectivity index (χ0) is 15.8.